The largest absolute Gasteiger partial charge is 0.497 e. The molecule has 3 heterocycles. The van der Waals surface area contributed by atoms with Crippen molar-refractivity contribution in [3.63, 3.8) is 0 Å². The summed E-state index contributed by atoms with van der Waals surface area (Å²) < 4.78 is 27.6. The normalized spacial score (nSPS) is 15.8. The molecule has 0 radical (unpaired) electrons. The molecule has 3 aromatic carbocycles. The maximum Gasteiger partial charge on any atom is 0.165 e. The third kappa shape index (κ3) is 8.27. The molecule has 0 N–H and O–H groups in total. The van der Waals surface area contributed by atoms with E-state index in [9.17, 15) is 0 Å². The molecular formula is C37H41N5O5. The highest BCUT2D eigenvalue weighted by Crippen LogP contribution is 2.29. The fraction of sp³-hybridized carbons (Fsp3) is 0.324. The van der Waals surface area contributed by atoms with Gasteiger partial charge in [-0.2, -0.15) is 0 Å². The number of nitrogens with zero attached hydrogens (tertiary/aromatic N) is 5. The van der Waals surface area contributed by atoms with Crippen LogP contribution < -0.4 is 14.2 Å². The minimum absolute atomic E-state index is 0.521. The van der Waals surface area contributed by atoms with Crippen LogP contribution in [0.5, 0.6) is 17.2 Å². The summed E-state index contributed by atoms with van der Waals surface area (Å²) >= 11 is 0. The summed E-state index contributed by atoms with van der Waals surface area (Å²) in [5.41, 5.74) is 4.82. The molecule has 10 nitrogen and oxygen atoms in total. The second kappa shape index (κ2) is 15.6. The lowest BCUT2D eigenvalue weighted by Crippen LogP contribution is -2.32. The van der Waals surface area contributed by atoms with Gasteiger partial charge in [0.2, 0.25) is 0 Å². The van der Waals surface area contributed by atoms with Crippen molar-refractivity contribution in [2.45, 2.75) is 6.42 Å². The van der Waals surface area contributed by atoms with E-state index in [1.807, 2.05) is 72.8 Å². The summed E-state index contributed by atoms with van der Waals surface area (Å²) in [7, 11) is 5.01. The molecular weight excluding hydrogens is 594 g/mol. The first kappa shape index (κ1) is 32.0. The Bertz CT molecular complexity index is 1560. The van der Waals surface area contributed by atoms with Gasteiger partial charge in [-0.25, -0.2) is 15.0 Å². The van der Waals surface area contributed by atoms with Crippen LogP contribution in [0.15, 0.2) is 85.2 Å². The fourth-order valence-corrected chi connectivity index (χ4v) is 5.51. The van der Waals surface area contributed by atoms with E-state index < -0.39 is 0 Å². The molecule has 0 saturated carbocycles. The molecule has 2 aliphatic rings. The van der Waals surface area contributed by atoms with Crippen molar-refractivity contribution in [3.8, 4) is 17.2 Å². The molecule has 2 aliphatic heterocycles. The van der Waals surface area contributed by atoms with Crippen LogP contribution in [-0.4, -0.2) is 98.7 Å². The van der Waals surface area contributed by atoms with Gasteiger partial charge < -0.3 is 33.5 Å². The molecule has 1 aromatic heterocycles. The Balaban J connectivity index is 1.51. The monoisotopic (exact) mass is 635 g/mol. The van der Waals surface area contributed by atoms with Gasteiger partial charge in [-0.3, -0.25) is 0 Å². The lowest BCUT2D eigenvalue weighted by molar-refractivity contribution is 0.0596. The number of ether oxygens (including phenoxy) is 5. The molecule has 244 valence electrons. The van der Waals surface area contributed by atoms with E-state index in [1.165, 1.54) is 0 Å². The van der Waals surface area contributed by atoms with Crippen LogP contribution in [0.1, 0.15) is 34.2 Å². The lowest BCUT2D eigenvalue weighted by Gasteiger charge is -2.27. The second-order valence-corrected chi connectivity index (χ2v) is 11.3. The van der Waals surface area contributed by atoms with Gasteiger partial charge in [-0.1, -0.05) is 36.4 Å². The molecule has 0 atom stereocenters. The summed E-state index contributed by atoms with van der Waals surface area (Å²) in [4.78, 5) is 20.0. The predicted molar refractivity (Wildman–Crippen MR) is 181 cm³/mol. The minimum Gasteiger partial charge on any atom is -0.497 e. The van der Waals surface area contributed by atoms with E-state index in [1.54, 1.807) is 21.3 Å². The third-order valence-electron chi connectivity index (χ3n) is 8.20. The van der Waals surface area contributed by atoms with Gasteiger partial charge in [0.15, 0.2) is 11.6 Å². The minimum atomic E-state index is 0.521. The summed E-state index contributed by atoms with van der Waals surface area (Å²) in [6.45, 7) is 5.80. The number of morpholine rings is 2. The Labute approximate surface area is 276 Å². The zero-order valence-electron chi connectivity index (χ0n) is 27.2. The Kier molecular flexibility index (Phi) is 10.6. The van der Waals surface area contributed by atoms with E-state index in [0.717, 1.165) is 71.3 Å². The van der Waals surface area contributed by atoms with E-state index in [2.05, 4.69) is 22.2 Å². The molecule has 0 unspecified atom stereocenters. The molecule has 0 aliphatic carbocycles. The van der Waals surface area contributed by atoms with Gasteiger partial charge in [0.25, 0.3) is 0 Å². The maximum absolute atomic E-state index is 5.65. The van der Waals surface area contributed by atoms with Gasteiger partial charge in [-0.15, -0.1) is 0 Å². The number of aromatic nitrogens is 3. The van der Waals surface area contributed by atoms with Crippen LogP contribution in [0.2, 0.25) is 0 Å². The van der Waals surface area contributed by atoms with E-state index >= 15 is 0 Å². The first-order chi connectivity index (χ1) is 23.1. The standard InChI is InChI=1S/C37H41N5O5/c1-43-30-10-4-27(5-11-30)24-35-38-36(33(25-41-16-20-46-21-17-41)28-6-12-31(44-2)13-7-28)40-37(39-35)34(26-42-18-22-47-23-19-42)29-8-14-32(45-3)15-9-29/h4-15,25-26H,16-24H2,1-3H3/b33-25-,34-26+. The number of benzene rings is 3. The third-order valence-corrected chi connectivity index (χ3v) is 8.20. The van der Waals surface area contributed by atoms with Gasteiger partial charge in [-0.05, 0) is 53.1 Å². The Morgan fingerprint density at radius 3 is 1.34 bits per heavy atom. The smallest absolute Gasteiger partial charge is 0.165 e. The number of hydrogen-bond donors (Lipinski definition) is 0. The van der Waals surface area contributed by atoms with E-state index in [-0.39, 0.29) is 0 Å². The average molecular weight is 636 g/mol. The zero-order chi connectivity index (χ0) is 32.4. The van der Waals surface area contributed by atoms with E-state index in [4.69, 9.17) is 38.6 Å². The molecule has 6 rings (SSSR count). The maximum atomic E-state index is 5.65. The molecule has 2 saturated heterocycles. The Hall–Kier alpha value is -4.93. The summed E-state index contributed by atoms with van der Waals surface area (Å²) in [5.74, 6) is 4.22. The van der Waals surface area contributed by atoms with Crippen LogP contribution in [0, 0.1) is 0 Å². The van der Waals surface area contributed by atoms with Crippen molar-refractivity contribution in [1.29, 1.82) is 0 Å². The van der Waals surface area contributed by atoms with Gasteiger partial charge >= 0.3 is 0 Å². The second-order valence-electron chi connectivity index (χ2n) is 11.3. The van der Waals surface area contributed by atoms with Crippen molar-refractivity contribution in [3.05, 3.63) is 119 Å². The van der Waals surface area contributed by atoms with Crippen molar-refractivity contribution < 1.29 is 23.7 Å². The highest BCUT2D eigenvalue weighted by Gasteiger charge is 2.20. The van der Waals surface area contributed by atoms with Gasteiger partial charge in [0.1, 0.15) is 23.1 Å². The van der Waals surface area contributed by atoms with Crippen LogP contribution in [0.4, 0.5) is 0 Å². The van der Waals surface area contributed by atoms with Gasteiger partial charge in [0, 0.05) is 56.1 Å². The fourth-order valence-electron chi connectivity index (χ4n) is 5.51. The van der Waals surface area contributed by atoms with Crippen molar-refractivity contribution in [1.82, 2.24) is 24.8 Å². The first-order valence-corrected chi connectivity index (χ1v) is 15.9. The Morgan fingerprint density at radius 2 is 0.957 bits per heavy atom. The molecule has 47 heavy (non-hydrogen) atoms. The van der Waals surface area contributed by atoms with Crippen LogP contribution in [0.3, 0.4) is 0 Å². The first-order valence-electron chi connectivity index (χ1n) is 15.9. The summed E-state index contributed by atoms with van der Waals surface area (Å²) in [5, 5.41) is 0. The lowest BCUT2D eigenvalue weighted by atomic mass is 10.0. The topological polar surface area (TPSA) is 91.3 Å². The molecule has 0 bridgehead atoms. The molecule has 0 spiro atoms. The number of rotatable bonds is 11. The van der Waals surface area contributed by atoms with E-state index in [0.29, 0.717) is 50.3 Å². The SMILES string of the molecule is COc1ccc(Cc2nc(/C(=C\N3CCOCC3)c3ccc(OC)cc3)nc(/C(=C/N3CCOCC3)c3ccc(OC)cc3)n2)cc1. The predicted octanol–water partition coefficient (Wildman–Crippen LogP) is 4.93. The quantitative estimate of drug-likeness (QED) is 0.226. The molecule has 10 heteroatoms. The van der Waals surface area contributed by atoms with Crippen molar-refractivity contribution >= 4 is 11.1 Å². The van der Waals surface area contributed by atoms with Crippen LogP contribution in [0.25, 0.3) is 11.1 Å². The number of hydrogen-bond acceptors (Lipinski definition) is 10. The molecule has 2 fully saturated rings. The molecule has 4 aromatic rings. The average Bonchev–Trinajstić information content (AvgIpc) is 3.14. The van der Waals surface area contributed by atoms with Crippen molar-refractivity contribution in [2.24, 2.45) is 0 Å². The van der Waals surface area contributed by atoms with Gasteiger partial charge in [0.05, 0.1) is 47.8 Å². The van der Waals surface area contributed by atoms with Crippen LogP contribution >= 0.6 is 0 Å². The Morgan fingerprint density at radius 1 is 0.574 bits per heavy atom. The highest BCUT2D eigenvalue weighted by atomic mass is 16.5. The zero-order valence-corrected chi connectivity index (χ0v) is 27.2. The number of methoxy groups -OCH3 is 3. The summed E-state index contributed by atoms with van der Waals surface area (Å²) in [6.07, 6.45) is 4.83. The summed E-state index contributed by atoms with van der Waals surface area (Å²) in [6, 6.07) is 24.0. The molecule has 0 amide bonds. The van der Waals surface area contributed by atoms with Crippen LogP contribution in [-0.2, 0) is 15.9 Å². The highest BCUT2D eigenvalue weighted by molar-refractivity contribution is 5.79. The van der Waals surface area contributed by atoms with Crippen molar-refractivity contribution in [2.75, 3.05) is 73.9 Å².